The van der Waals surface area contributed by atoms with Crippen LogP contribution in [0.5, 0.6) is 5.75 Å². The highest BCUT2D eigenvalue weighted by Gasteiger charge is 2.63. The number of esters is 1. The van der Waals surface area contributed by atoms with Gasteiger partial charge in [-0.25, -0.2) is 9.59 Å². The number of phenols is 1. The Kier molecular flexibility index (Phi) is 11.4. The number of hydrogen-bond donors (Lipinski definition) is 6. The largest absolute Gasteiger partial charge is 0.510 e. The van der Waals surface area contributed by atoms with Crippen molar-refractivity contribution < 1.29 is 58.7 Å². The first-order valence-electron chi connectivity index (χ1n) is 17.1. The van der Waals surface area contributed by atoms with Gasteiger partial charge < -0.3 is 45.9 Å². The number of nitrogens with one attached hydrogen (secondary N) is 1. The summed E-state index contributed by atoms with van der Waals surface area (Å²) in [6.45, 7) is 0.747. The molecular formula is C36H43N5O12S. The fourth-order valence-corrected chi connectivity index (χ4v) is 8.05. The number of rotatable bonds is 12. The number of unbranched alkanes of at least 4 members (excludes halogenated alkanes) is 1. The van der Waals surface area contributed by atoms with Crippen molar-refractivity contribution in [2.75, 3.05) is 58.3 Å². The lowest BCUT2D eigenvalue weighted by atomic mass is 9.58. The molecular weight excluding hydrogens is 726 g/mol. The second kappa shape index (κ2) is 15.5. The van der Waals surface area contributed by atoms with Gasteiger partial charge in [0.05, 0.1) is 22.9 Å². The average molecular weight is 770 g/mol. The Morgan fingerprint density at radius 1 is 1.09 bits per heavy atom. The Balaban J connectivity index is 1.45. The fraction of sp³-hybridized carbons (Fsp3) is 0.444. The number of nitrogens with two attached hydrogens (primary N) is 1. The number of Topliss-reactive ketones (excluding diaryl/α,β-unsaturated/α-hetero) is 2. The summed E-state index contributed by atoms with van der Waals surface area (Å²) in [6, 6.07) is 1.86. The molecule has 0 saturated carbocycles. The van der Waals surface area contributed by atoms with Crippen molar-refractivity contribution in [2.24, 2.45) is 17.6 Å². The quantitative estimate of drug-likeness (QED) is 0.0785. The molecule has 1 aromatic heterocycles. The van der Waals surface area contributed by atoms with Crippen molar-refractivity contribution in [3.8, 4) is 5.75 Å². The molecule has 0 aliphatic heterocycles. The van der Waals surface area contributed by atoms with Crippen LogP contribution in [-0.2, 0) is 30.3 Å². The molecule has 0 fully saturated rings. The molecule has 3 aliphatic rings. The van der Waals surface area contributed by atoms with Crippen LogP contribution in [0, 0.1) is 11.8 Å². The van der Waals surface area contributed by atoms with Crippen LogP contribution in [0.25, 0.3) is 0 Å². The van der Waals surface area contributed by atoms with Gasteiger partial charge in [0.2, 0.25) is 18.5 Å². The number of aliphatic hydroxyl groups excluding tert-OH is 2. The minimum absolute atomic E-state index is 0.0391. The minimum Gasteiger partial charge on any atom is -0.510 e. The molecule has 17 nitrogen and oxygen atoms in total. The Labute approximate surface area is 314 Å². The summed E-state index contributed by atoms with van der Waals surface area (Å²) in [5, 5.41) is 51.8. The molecule has 18 heteroatoms. The molecule has 3 aliphatic carbocycles. The first-order chi connectivity index (χ1) is 25.4. The Morgan fingerprint density at radius 3 is 2.39 bits per heavy atom. The molecule has 0 spiro atoms. The number of aliphatic hydroxyl groups is 3. The van der Waals surface area contributed by atoms with Gasteiger partial charge in [-0.05, 0) is 62.4 Å². The van der Waals surface area contributed by atoms with Crippen LogP contribution in [0.15, 0.2) is 45.6 Å². The number of carbonyl (C=O) groups is 6. The molecule has 1 aromatic carbocycles. The van der Waals surface area contributed by atoms with Crippen LogP contribution in [0.3, 0.4) is 0 Å². The normalized spacial score (nSPS) is 21.9. The highest BCUT2D eigenvalue weighted by Crippen LogP contribution is 2.54. The highest BCUT2D eigenvalue weighted by atomic mass is 32.1. The standard InChI is InChI=1S/C36H43N5O12S/c1-6-7-9-41(35(50)53-16-52-34(49)17-8-10-54-15-17)14-23(42)38-21-13-22(39(2)3)19-11-18-12-20-27(40(4)5)30(45)26(33(37)48)32(47)36(20,51)31(46)24(18)29(44)25(19)28(21)43/h8,10,13,15,18,20,27,43,45-46,51H,6-7,9,11-12,14,16H2,1-5H3,(H2,37,48)(H,38,42)/t18-,20-,27-,36-/m0/s1. The van der Waals surface area contributed by atoms with E-state index < -0.39 is 95.1 Å². The number of anilines is 2. The van der Waals surface area contributed by atoms with Gasteiger partial charge in [-0.3, -0.25) is 29.0 Å². The van der Waals surface area contributed by atoms with Crippen molar-refractivity contribution in [3.63, 3.8) is 0 Å². The van der Waals surface area contributed by atoms with Crippen LogP contribution in [0.4, 0.5) is 16.2 Å². The maximum atomic E-state index is 14.3. The molecule has 290 valence electrons. The minimum atomic E-state index is -2.81. The van der Waals surface area contributed by atoms with Gasteiger partial charge in [0.15, 0.2) is 17.1 Å². The van der Waals surface area contributed by atoms with Gasteiger partial charge in [0.1, 0.15) is 23.6 Å². The number of fused-ring (bicyclic) bond motifs is 3. The third-order valence-electron chi connectivity index (χ3n) is 9.96. The van der Waals surface area contributed by atoms with Crippen LogP contribution in [0.1, 0.15) is 52.5 Å². The van der Waals surface area contributed by atoms with Crippen LogP contribution in [0.2, 0.25) is 0 Å². The van der Waals surface area contributed by atoms with Crippen molar-refractivity contribution in [2.45, 2.75) is 44.2 Å². The van der Waals surface area contributed by atoms with Gasteiger partial charge in [-0.2, -0.15) is 11.3 Å². The second-order valence-electron chi connectivity index (χ2n) is 13.8. The lowest BCUT2D eigenvalue weighted by Crippen LogP contribution is -2.63. The van der Waals surface area contributed by atoms with Gasteiger partial charge in [-0.15, -0.1) is 0 Å². The summed E-state index contributed by atoms with van der Waals surface area (Å²) >= 11 is 1.29. The number of amides is 3. The van der Waals surface area contributed by atoms with E-state index in [2.05, 4.69) is 5.32 Å². The lowest BCUT2D eigenvalue weighted by Gasteiger charge is -2.50. The maximum absolute atomic E-state index is 14.3. The average Bonchev–Trinajstić information content (AvgIpc) is 3.64. The smallest absolute Gasteiger partial charge is 0.413 e. The summed E-state index contributed by atoms with van der Waals surface area (Å²) in [5.74, 6) is -9.42. The number of likely N-dealkylation sites (N-methyl/N-ethyl adjacent to an activating group) is 1. The zero-order chi connectivity index (χ0) is 39.8. The van der Waals surface area contributed by atoms with Crippen LogP contribution < -0.4 is 16.0 Å². The van der Waals surface area contributed by atoms with Gasteiger partial charge in [-0.1, -0.05) is 13.3 Å². The SMILES string of the molecule is CCCCN(CC(=O)Nc1cc(N(C)C)c2c(c1O)C(=O)C1=C(O)[C@]3(O)C(=O)C(C(N)=O)=C(O)[C@@H](N(C)C)[C@@H]3C[C@@H]1C2)C(=O)OCOC(=O)c1ccsc1. The number of nitrogens with zero attached hydrogens (tertiary/aromatic N) is 3. The van der Waals surface area contributed by atoms with Crippen LogP contribution >= 0.6 is 11.3 Å². The van der Waals surface area contributed by atoms with Crippen molar-refractivity contribution in [3.05, 3.63) is 62.2 Å². The summed E-state index contributed by atoms with van der Waals surface area (Å²) in [6.07, 6.45) is 0.183. The monoisotopic (exact) mass is 769 g/mol. The predicted molar refractivity (Wildman–Crippen MR) is 194 cm³/mol. The summed E-state index contributed by atoms with van der Waals surface area (Å²) in [4.78, 5) is 82.8. The molecule has 3 amide bonds. The van der Waals surface area contributed by atoms with E-state index in [1.807, 2.05) is 6.92 Å². The van der Waals surface area contributed by atoms with E-state index in [9.17, 15) is 49.2 Å². The molecule has 4 atom stereocenters. The number of phenolic OH excluding ortho intramolecular Hbond substituents is 1. The first kappa shape index (κ1) is 39.7. The number of ether oxygens (including phenoxy) is 2. The zero-order valence-corrected chi connectivity index (χ0v) is 31.2. The second-order valence-corrected chi connectivity index (χ2v) is 14.6. The number of thiophene rings is 1. The number of ketones is 2. The molecule has 0 bridgehead atoms. The van der Waals surface area contributed by atoms with Crippen molar-refractivity contribution >= 4 is 58.2 Å². The fourth-order valence-electron chi connectivity index (χ4n) is 7.43. The maximum Gasteiger partial charge on any atom is 0.413 e. The predicted octanol–water partition coefficient (Wildman–Crippen LogP) is 2.24. The number of primary amides is 1. The third-order valence-corrected chi connectivity index (χ3v) is 10.6. The number of aromatic hydroxyl groups is 1. The Morgan fingerprint density at radius 2 is 1.80 bits per heavy atom. The summed E-state index contributed by atoms with van der Waals surface area (Å²) in [5.41, 5.74) is 1.89. The molecule has 0 saturated heterocycles. The van der Waals surface area contributed by atoms with Crippen molar-refractivity contribution in [1.29, 1.82) is 0 Å². The molecule has 2 aromatic rings. The molecule has 54 heavy (non-hydrogen) atoms. The molecule has 7 N–H and O–H groups in total. The highest BCUT2D eigenvalue weighted by molar-refractivity contribution is 7.08. The Bertz CT molecular complexity index is 1960. The summed E-state index contributed by atoms with van der Waals surface area (Å²) < 4.78 is 10.1. The van der Waals surface area contributed by atoms with Gasteiger partial charge in [0.25, 0.3) is 5.91 Å². The number of carbonyl (C=O) groups excluding carboxylic acids is 6. The van der Waals surface area contributed by atoms with E-state index >= 15 is 0 Å². The first-order valence-corrected chi connectivity index (χ1v) is 18.0. The molecule has 1 heterocycles. The van der Waals surface area contributed by atoms with Crippen LogP contribution in [-0.4, -0.2) is 125 Å². The molecule has 5 rings (SSSR count). The molecule has 0 radical (unpaired) electrons. The number of allylic oxidation sites excluding steroid dienone is 1. The lowest BCUT2D eigenvalue weighted by molar-refractivity contribution is -0.148. The Hall–Kier alpha value is -5.46. The third kappa shape index (κ3) is 6.99. The number of benzene rings is 1. The van der Waals surface area contributed by atoms with E-state index in [4.69, 9.17) is 15.2 Å². The van der Waals surface area contributed by atoms with E-state index in [1.165, 1.54) is 22.3 Å². The van der Waals surface area contributed by atoms with Gasteiger partial charge >= 0.3 is 12.1 Å². The van der Waals surface area contributed by atoms with E-state index in [1.54, 1.807) is 49.9 Å². The topological polar surface area (TPSA) is 250 Å². The summed E-state index contributed by atoms with van der Waals surface area (Å²) in [7, 11) is 6.44. The molecule has 0 unspecified atom stereocenters. The number of hydrogen-bond acceptors (Lipinski definition) is 15. The van der Waals surface area contributed by atoms with Crippen molar-refractivity contribution in [1.82, 2.24) is 9.80 Å². The van der Waals surface area contributed by atoms with Gasteiger partial charge in [0, 0.05) is 43.2 Å². The van der Waals surface area contributed by atoms with E-state index in [-0.39, 0.29) is 36.2 Å². The zero-order valence-electron chi connectivity index (χ0n) is 30.4. The van der Waals surface area contributed by atoms with E-state index in [0.29, 0.717) is 29.7 Å². The van der Waals surface area contributed by atoms with E-state index in [0.717, 1.165) is 4.90 Å².